The molecule has 0 bridgehead atoms. The monoisotopic (exact) mass is 238 g/mol. The highest BCUT2D eigenvalue weighted by atomic mass is 35.5. The van der Waals surface area contributed by atoms with E-state index in [-0.39, 0.29) is 0 Å². The van der Waals surface area contributed by atoms with E-state index in [2.05, 4.69) is 23.0 Å². The summed E-state index contributed by atoms with van der Waals surface area (Å²) in [7, 11) is 0. The Kier molecular flexibility index (Phi) is 2.85. The van der Waals surface area contributed by atoms with Crippen LogP contribution in [0.3, 0.4) is 0 Å². The molecule has 15 heavy (non-hydrogen) atoms. The molecule has 1 heterocycles. The molecule has 0 spiro atoms. The molecular formula is C11H11ClN2S. The number of halogens is 1. The lowest BCUT2D eigenvalue weighted by molar-refractivity contribution is 1.01. The largest absolute Gasteiger partial charge is 0.222 e. The van der Waals surface area contributed by atoms with Crippen molar-refractivity contribution in [3.63, 3.8) is 0 Å². The number of rotatable bonds is 1. The van der Waals surface area contributed by atoms with Crippen molar-refractivity contribution in [2.75, 3.05) is 6.26 Å². The smallest absolute Gasteiger partial charge is 0.189 e. The van der Waals surface area contributed by atoms with Crippen molar-refractivity contribution in [3.8, 4) is 0 Å². The van der Waals surface area contributed by atoms with Crippen LogP contribution in [0, 0.1) is 13.8 Å². The standard InChI is InChI=1S/C11H11ClN2S/c1-6-4-7(2)9-8(5-6)13-11(15-3)14-10(9)12/h4-5H,1-3H3. The molecule has 0 aliphatic heterocycles. The number of aromatic nitrogens is 2. The predicted molar refractivity (Wildman–Crippen MR) is 65.8 cm³/mol. The maximum atomic E-state index is 6.13. The third-order valence-corrected chi connectivity index (χ3v) is 3.08. The first-order valence-electron chi connectivity index (χ1n) is 4.60. The van der Waals surface area contributed by atoms with Crippen molar-refractivity contribution in [3.05, 3.63) is 28.4 Å². The number of benzene rings is 1. The summed E-state index contributed by atoms with van der Waals surface area (Å²) in [6.45, 7) is 4.09. The molecule has 1 aromatic heterocycles. The second-order valence-corrected chi connectivity index (χ2v) is 4.61. The Bertz CT molecular complexity index is 525. The SMILES string of the molecule is CSc1nc(Cl)c2c(C)cc(C)cc2n1. The number of hydrogen-bond acceptors (Lipinski definition) is 3. The molecule has 0 aliphatic carbocycles. The molecule has 0 aliphatic rings. The lowest BCUT2D eigenvalue weighted by Gasteiger charge is -2.06. The van der Waals surface area contributed by atoms with Crippen molar-refractivity contribution < 1.29 is 0 Å². The van der Waals surface area contributed by atoms with Gasteiger partial charge in [0.15, 0.2) is 5.16 Å². The van der Waals surface area contributed by atoms with Crippen LogP contribution in [-0.4, -0.2) is 16.2 Å². The van der Waals surface area contributed by atoms with E-state index in [4.69, 9.17) is 11.6 Å². The van der Waals surface area contributed by atoms with Crippen LogP contribution < -0.4 is 0 Å². The van der Waals surface area contributed by atoms with Crippen LogP contribution >= 0.6 is 23.4 Å². The molecule has 1 aromatic carbocycles. The Labute approximate surface area is 98.1 Å². The summed E-state index contributed by atoms with van der Waals surface area (Å²) in [5.74, 6) is 0. The molecule has 2 aromatic rings. The molecule has 78 valence electrons. The molecule has 0 unspecified atom stereocenters. The van der Waals surface area contributed by atoms with Gasteiger partial charge in [-0.2, -0.15) is 0 Å². The number of fused-ring (bicyclic) bond motifs is 1. The molecule has 0 saturated heterocycles. The number of nitrogens with zero attached hydrogens (tertiary/aromatic N) is 2. The van der Waals surface area contributed by atoms with Gasteiger partial charge in [0.05, 0.1) is 5.52 Å². The summed E-state index contributed by atoms with van der Waals surface area (Å²) in [4.78, 5) is 8.67. The summed E-state index contributed by atoms with van der Waals surface area (Å²) in [5, 5.41) is 2.22. The van der Waals surface area contributed by atoms with Gasteiger partial charge < -0.3 is 0 Å². The maximum Gasteiger partial charge on any atom is 0.189 e. The fourth-order valence-electron chi connectivity index (χ4n) is 1.66. The van der Waals surface area contributed by atoms with E-state index in [0.717, 1.165) is 21.6 Å². The highest BCUT2D eigenvalue weighted by Gasteiger charge is 2.08. The van der Waals surface area contributed by atoms with Crippen molar-refractivity contribution in [1.82, 2.24) is 9.97 Å². The molecule has 0 atom stereocenters. The third-order valence-electron chi connectivity index (χ3n) is 2.26. The zero-order chi connectivity index (χ0) is 11.0. The van der Waals surface area contributed by atoms with Gasteiger partial charge in [0, 0.05) is 5.39 Å². The number of hydrogen-bond donors (Lipinski definition) is 0. The summed E-state index contributed by atoms with van der Waals surface area (Å²) in [5.41, 5.74) is 3.25. The quantitative estimate of drug-likeness (QED) is 0.431. The van der Waals surface area contributed by atoms with E-state index in [0.29, 0.717) is 5.15 Å². The molecule has 2 rings (SSSR count). The maximum absolute atomic E-state index is 6.13. The Morgan fingerprint density at radius 1 is 1.20 bits per heavy atom. The lowest BCUT2D eigenvalue weighted by Crippen LogP contribution is -1.92. The summed E-state index contributed by atoms with van der Waals surface area (Å²) in [6, 6.07) is 4.13. The molecule has 0 N–H and O–H groups in total. The second-order valence-electron chi connectivity index (χ2n) is 3.48. The first-order chi connectivity index (χ1) is 7.11. The molecular weight excluding hydrogens is 228 g/mol. The first-order valence-corrected chi connectivity index (χ1v) is 6.20. The minimum atomic E-state index is 0.543. The van der Waals surface area contributed by atoms with Crippen LogP contribution in [0.25, 0.3) is 10.9 Å². The fraction of sp³-hybridized carbons (Fsp3) is 0.273. The second kappa shape index (κ2) is 3.99. The first kappa shape index (κ1) is 10.7. The highest BCUT2D eigenvalue weighted by molar-refractivity contribution is 7.98. The van der Waals surface area contributed by atoms with Crippen molar-refractivity contribution in [1.29, 1.82) is 0 Å². The van der Waals surface area contributed by atoms with Crippen LogP contribution in [0.1, 0.15) is 11.1 Å². The number of aryl methyl sites for hydroxylation is 2. The minimum Gasteiger partial charge on any atom is -0.222 e. The van der Waals surface area contributed by atoms with Gasteiger partial charge in [-0.3, -0.25) is 0 Å². The molecule has 0 saturated carbocycles. The molecule has 4 heteroatoms. The van der Waals surface area contributed by atoms with Crippen molar-refractivity contribution in [2.45, 2.75) is 19.0 Å². The lowest BCUT2D eigenvalue weighted by atomic mass is 10.1. The van der Waals surface area contributed by atoms with E-state index in [9.17, 15) is 0 Å². The van der Waals surface area contributed by atoms with Gasteiger partial charge in [0.25, 0.3) is 0 Å². The van der Waals surface area contributed by atoms with E-state index >= 15 is 0 Å². The Morgan fingerprint density at radius 3 is 2.60 bits per heavy atom. The van der Waals surface area contributed by atoms with Gasteiger partial charge in [-0.15, -0.1) is 0 Å². The van der Waals surface area contributed by atoms with Crippen molar-refractivity contribution in [2.24, 2.45) is 0 Å². The van der Waals surface area contributed by atoms with E-state index in [1.165, 1.54) is 17.3 Å². The van der Waals surface area contributed by atoms with Gasteiger partial charge in [0.1, 0.15) is 5.15 Å². The minimum absolute atomic E-state index is 0.543. The molecule has 0 fully saturated rings. The van der Waals surface area contributed by atoms with Gasteiger partial charge in [-0.1, -0.05) is 29.4 Å². The Hall–Kier alpha value is -0.800. The molecule has 0 amide bonds. The normalized spacial score (nSPS) is 10.9. The van der Waals surface area contributed by atoms with Crippen LogP contribution in [0.15, 0.2) is 17.3 Å². The van der Waals surface area contributed by atoms with Crippen LogP contribution in [0.4, 0.5) is 0 Å². The fourth-order valence-corrected chi connectivity index (χ4v) is 2.41. The van der Waals surface area contributed by atoms with E-state index in [1.54, 1.807) is 0 Å². The summed E-state index contributed by atoms with van der Waals surface area (Å²) >= 11 is 7.64. The van der Waals surface area contributed by atoms with Crippen LogP contribution in [0.2, 0.25) is 5.15 Å². The van der Waals surface area contributed by atoms with Crippen LogP contribution in [0.5, 0.6) is 0 Å². The molecule has 0 radical (unpaired) electrons. The van der Waals surface area contributed by atoms with E-state index in [1.807, 2.05) is 19.2 Å². The Morgan fingerprint density at radius 2 is 1.93 bits per heavy atom. The Balaban J connectivity index is 2.85. The summed E-state index contributed by atoms with van der Waals surface area (Å²) < 4.78 is 0. The van der Waals surface area contributed by atoms with E-state index < -0.39 is 0 Å². The average Bonchev–Trinajstić information content (AvgIpc) is 2.15. The highest BCUT2D eigenvalue weighted by Crippen LogP contribution is 2.27. The number of thioether (sulfide) groups is 1. The zero-order valence-electron chi connectivity index (χ0n) is 8.84. The van der Waals surface area contributed by atoms with Gasteiger partial charge in [-0.25, -0.2) is 9.97 Å². The third kappa shape index (κ3) is 1.94. The zero-order valence-corrected chi connectivity index (χ0v) is 10.4. The topological polar surface area (TPSA) is 25.8 Å². The van der Waals surface area contributed by atoms with Gasteiger partial charge >= 0.3 is 0 Å². The van der Waals surface area contributed by atoms with Gasteiger partial charge in [-0.05, 0) is 37.3 Å². The predicted octanol–water partition coefficient (Wildman–Crippen LogP) is 3.62. The van der Waals surface area contributed by atoms with Crippen molar-refractivity contribution >= 4 is 34.3 Å². The summed E-state index contributed by atoms with van der Waals surface area (Å²) in [6.07, 6.45) is 1.94. The molecule has 2 nitrogen and oxygen atoms in total. The average molecular weight is 239 g/mol. The van der Waals surface area contributed by atoms with Gasteiger partial charge in [0.2, 0.25) is 0 Å². The van der Waals surface area contributed by atoms with Crippen LogP contribution in [-0.2, 0) is 0 Å².